The summed E-state index contributed by atoms with van der Waals surface area (Å²) in [6, 6.07) is 4.95. The van der Waals surface area contributed by atoms with Crippen LogP contribution in [0.15, 0.2) is 18.3 Å². The monoisotopic (exact) mass is 279 g/mol. The number of hydrogen-bond acceptors (Lipinski definition) is 4. The van der Waals surface area contributed by atoms with Crippen molar-refractivity contribution in [3.63, 3.8) is 0 Å². The predicted molar refractivity (Wildman–Crippen MR) is 85.5 cm³/mol. The van der Waals surface area contributed by atoms with Crippen LogP contribution in [0.1, 0.15) is 41.0 Å². The van der Waals surface area contributed by atoms with Gasteiger partial charge in [0.2, 0.25) is 0 Å². The van der Waals surface area contributed by atoms with E-state index in [0.29, 0.717) is 18.7 Å². The van der Waals surface area contributed by atoms with E-state index in [9.17, 15) is 0 Å². The van der Waals surface area contributed by atoms with E-state index in [0.717, 1.165) is 31.1 Å². The zero-order chi connectivity index (χ0) is 15.0. The van der Waals surface area contributed by atoms with Crippen LogP contribution in [0.2, 0.25) is 0 Å². The van der Waals surface area contributed by atoms with Crippen molar-refractivity contribution in [3.05, 3.63) is 18.3 Å². The third-order valence-electron chi connectivity index (χ3n) is 3.23. The number of aromatic nitrogens is 1. The summed E-state index contributed by atoms with van der Waals surface area (Å²) in [6.07, 6.45) is 2.88. The van der Waals surface area contributed by atoms with Crippen molar-refractivity contribution in [2.75, 3.05) is 25.0 Å². The van der Waals surface area contributed by atoms with Crippen molar-refractivity contribution in [1.29, 1.82) is 0 Å². The molecule has 0 aromatic carbocycles. The molecule has 1 N–H and O–H groups in total. The number of rotatable bonds is 9. The number of anilines is 1. The quantitative estimate of drug-likeness (QED) is 0.752. The summed E-state index contributed by atoms with van der Waals surface area (Å²) in [5.41, 5.74) is 0. The number of nitrogens with zero attached hydrogens (tertiary/aromatic N) is 2. The average molecular weight is 279 g/mol. The van der Waals surface area contributed by atoms with Crippen molar-refractivity contribution >= 4 is 5.82 Å². The summed E-state index contributed by atoms with van der Waals surface area (Å²) >= 11 is 0. The first-order chi connectivity index (χ1) is 9.54. The molecule has 20 heavy (non-hydrogen) atoms. The zero-order valence-corrected chi connectivity index (χ0v) is 13.5. The second-order valence-corrected chi connectivity index (χ2v) is 5.58. The van der Waals surface area contributed by atoms with Crippen LogP contribution in [-0.4, -0.2) is 41.7 Å². The Labute approximate surface area is 123 Å². The summed E-state index contributed by atoms with van der Waals surface area (Å²) in [5, 5.41) is 3.27. The molecule has 0 aliphatic rings. The molecule has 0 spiro atoms. The summed E-state index contributed by atoms with van der Waals surface area (Å²) in [5.74, 6) is 1.76. The van der Waals surface area contributed by atoms with Crippen LogP contribution in [0.25, 0.3) is 0 Å². The lowest BCUT2D eigenvalue weighted by molar-refractivity contribution is 0.142. The van der Waals surface area contributed by atoms with E-state index in [2.05, 4.69) is 49.8 Å². The number of pyridine rings is 1. The lowest BCUT2D eigenvalue weighted by atomic mass is 10.2. The van der Waals surface area contributed by atoms with E-state index < -0.39 is 0 Å². The first-order valence-corrected chi connectivity index (χ1v) is 7.63. The molecule has 114 valence electrons. The van der Waals surface area contributed by atoms with Crippen LogP contribution >= 0.6 is 0 Å². The van der Waals surface area contributed by atoms with Crippen molar-refractivity contribution in [2.24, 2.45) is 0 Å². The molecule has 0 unspecified atom stereocenters. The Kier molecular flexibility index (Phi) is 7.37. The highest BCUT2D eigenvalue weighted by Gasteiger charge is 2.12. The molecule has 0 amide bonds. The molecular formula is C16H29N3O. The van der Waals surface area contributed by atoms with Crippen LogP contribution in [-0.2, 0) is 0 Å². The van der Waals surface area contributed by atoms with E-state index in [4.69, 9.17) is 4.74 Å². The van der Waals surface area contributed by atoms with Gasteiger partial charge in [0, 0.05) is 37.4 Å². The van der Waals surface area contributed by atoms with Crippen molar-refractivity contribution in [3.8, 4) is 5.75 Å². The van der Waals surface area contributed by atoms with Gasteiger partial charge in [0.25, 0.3) is 0 Å². The van der Waals surface area contributed by atoms with Gasteiger partial charge in [-0.25, -0.2) is 4.98 Å². The molecule has 1 aromatic rings. The van der Waals surface area contributed by atoms with E-state index in [-0.39, 0.29) is 0 Å². The number of hydrogen-bond donors (Lipinski definition) is 1. The van der Waals surface area contributed by atoms with Gasteiger partial charge in [0.1, 0.15) is 18.2 Å². The summed E-state index contributed by atoms with van der Waals surface area (Å²) < 4.78 is 5.84. The molecule has 1 aromatic heterocycles. The maximum Gasteiger partial charge on any atom is 0.129 e. The third-order valence-corrected chi connectivity index (χ3v) is 3.23. The Morgan fingerprint density at radius 2 is 1.95 bits per heavy atom. The minimum absolute atomic E-state index is 0.540. The highest BCUT2D eigenvalue weighted by molar-refractivity contribution is 5.40. The van der Waals surface area contributed by atoms with Crippen LogP contribution in [0.3, 0.4) is 0 Å². The Balaban J connectivity index is 2.45. The van der Waals surface area contributed by atoms with Crippen LogP contribution < -0.4 is 10.1 Å². The Morgan fingerprint density at radius 3 is 2.55 bits per heavy atom. The fourth-order valence-electron chi connectivity index (χ4n) is 2.23. The molecule has 0 aliphatic heterocycles. The SMILES string of the molecule is CCCNc1cc(OCCN(C(C)C)C(C)C)ccn1. The van der Waals surface area contributed by atoms with Crippen molar-refractivity contribution in [1.82, 2.24) is 9.88 Å². The Hall–Kier alpha value is -1.29. The Morgan fingerprint density at radius 1 is 1.25 bits per heavy atom. The molecule has 4 nitrogen and oxygen atoms in total. The van der Waals surface area contributed by atoms with Crippen LogP contribution in [0.5, 0.6) is 5.75 Å². The Bertz CT molecular complexity index is 372. The predicted octanol–water partition coefficient (Wildman–Crippen LogP) is 3.40. The smallest absolute Gasteiger partial charge is 0.129 e. The van der Waals surface area contributed by atoms with Gasteiger partial charge in [-0.15, -0.1) is 0 Å². The van der Waals surface area contributed by atoms with Gasteiger partial charge in [-0.05, 0) is 40.2 Å². The normalized spacial score (nSPS) is 11.4. The molecule has 4 heteroatoms. The lowest BCUT2D eigenvalue weighted by Gasteiger charge is -2.30. The van der Waals surface area contributed by atoms with Crippen molar-refractivity contribution in [2.45, 2.75) is 53.1 Å². The minimum Gasteiger partial charge on any atom is -0.492 e. The first kappa shape index (κ1) is 16.8. The number of nitrogens with one attached hydrogen (secondary N) is 1. The average Bonchev–Trinajstić information content (AvgIpc) is 2.41. The second-order valence-electron chi connectivity index (χ2n) is 5.58. The molecular weight excluding hydrogens is 250 g/mol. The molecule has 0 atom stereocenters. The van der Waals surface area contributed by atoms with Crippen molar-refractivity contribution < 1.29 is 4.74 Å². The summed E-state index contributed by atoms with van der Waals surface area (Å²) in [6.45, 7) is 13.6. The second kappa shape index (κ2) is 8.80. The van der Waals surface area contributed by atoms with Gasteiger partial charge in [-0.2, -0.15) is 0 Å². The first-order valence-electron chi connectivity index (χ1n) is 7.63. The van der Waals surface area contributed by atoms with Crippen LogP contribution in [0.4, 0.5) is 5.82 Å². The summed E-state index contributed by atoms with van der Waals surface area (Å²) in [7, 11) is 0. The maximum atomic E-state index is 5.84. The molecule has 1 heterocycles. The van der Waals surface area contributed by atoms with E-state index in [1.807, 2.05) is 12.1 Å². The molecule has 0 fully saturated rings. The largest absolute Gasteiger partial charge is 0.492 e. The number of ether oxygens (including phenoxy) is 1. The van der Waals surface area contributed by atoms with Gasteiger partial charge in [0.05, 0.1) is 0 Å². The van der Waals surface area contributed by atoms with Gasteiger partial charge < -0.3 is 10.1 Å². The highest BCUT2D eigenvalue weighted by Crippen LogP contribution is 2.15. The van der Waals surface area contributed by atoms with Crippen LogP contribution in [0, 0.1) is 0 Å². The molecule has 0 saturated carbocycles. The van der Waals surface area contributed by atoms with Gasteiger partial charge in [0.15, 0.2) is 0 Å². The highest BCUT2D eigenvalue weighted by atomic mass is 16.5. The van der Waals surface area contributed by atoms with Gasteiger partial charge in [-0.3, -0.25) is 4.90 Å². The molecule has 1 rings (SSSR count). The fourth-order valence-corrected chi connectivity index (χ4v) is 2.23. The molecule has 0 bridgehead atoms. The van der Waals surface area contributed by atoms with E-state index in [1.165, 1.54) is 0 Å². The lowest BCUT2D eigenvalue weighted by Crippen LogP contribution is -2.39. The summed E-state index contributed by atoms with van der Waals surface area (Å²) in [4.78, 5) is 6.70. The standard InChI is InChI=1S/C16H29N3O/c1-6-8-17-16-12-15(7-9-18-16)20-11-10-19(13(2)3)14(4)5/h7,9,12-14H,6,8,10-11H2,1-5H3,(H,17,18). The zero-order valence-electron chi connectivity index (χ0n) is 13.5. The fraction of sp³-hybridized carbons (Fsp3) is 0.688. The topological polar surface area (TPSA) is 37.4 Å². The van der Waals surface area contributed by atoms with E-state index in [1.54, 1.807) is 6.20 Å². The molecule has 0 radical (unpaired) electrons. The van der Waals surface area contributed by atoms with Gasteiger partial charge in [-0.1, -0.05) is 6.92 Å². The van der Waals surface area contributed by atoms with Gasteiger partial charge >= 0.3 is 0 Å². The molecule has 0 aliphatic carbocycles. The minimum atomic E-state index is 0.540. The third kappa shape index (κ3) is 5.78. The molecule has 0 saturated heterocycles. The maximum absolute atomic E-state index is 5.84. The van der Waals surface area contributed by atoms with E-state index >= 15 is 0 Å².